The first-order valence-corrected chi connectivity index (χ1v) is 7.47. The summed E-state index contributed by atoms with van der Waals surface area (Å²) in [5, 5.41) is 6.38. The van der Waals surface area contributed by atoms with E-state index in [1.807, 2.05) is 17.5 Å². The number of rotatable bonds is 5. The Kier molecular flexibility index (Phi) is 4.83. The maximum Gasteiger partial charge on any atom is 0.221 e. The van der Waals surface area contributed by atoms with Crippen LogP contribution < -0.4 is 5.32 Å². The summed E-state index contributed by atoms with van der Waals surface area (Å²) in [6.45, 7) is 0.475. The highest BCUT2D eigenvalue weighted by Crippen LogP contribution is 2.22. The molecular weight excluding hydrogens is 314 g/mol. The highest BCUT2D eigenvalue weighted by Gasteiger charge is 2.06. The standard InChI is InChI=1S/C12H12BrN3OS/c13-4-3-11(17)15-7-10-8-18-12(16-10)9-2-1-5-14-6-9/h1-2,5-6,8H,3-4,7H2,(H,15,17). The zero-order valence-corrected chi connectivity index (χ0v) is 12.0. The number of hydrogen-bond acceptors (Lipinski definition) is 4. The average Bonchev–Trinajstić information content (AvgIpc) is 2.87. The number of carbonyl (C=O) groups is 1. The van der Waals surface area contributed by atoms with Crippen LogP contribution in [0.25, 0.3) is 10.6 Å². The van der Waals surface area contributed by atoms with E-state index in [9.17, 15) is 4.79 Å². The van der Waals surface area contributed by atoms with Crippen molar-refractivity contribution in [3.05, 3.63) is 35.6 Å². The molecule has 94 valence electrons. The lowest BCUT2D eigenvalue weighted by molar-refractivity contribution is -0.120. The quantitative estimate of drug-likeness (QED) is 0.860. The van der Waals surface area contributed by atoms with Crippen molar-refractivity contribution in [3.63, 3.8) is 0 Å². The van der Waals surface area contributed by atoms with Gasteiger partial charge in [-0.3, -0.25) is 9.78 Å². The van der Waals surface area contributed by atoms with E-state index in [0.29, 0.717) is 18.3 Å². The molecule has 2 heterocycles. The van der Waals surface area contributed by atoms with Crippen LogP contribution in [0.15, 0.2) is 29.9 Å². The zero-order valence-electron chi connectivity index (χ0n) is 9.60. The number of amides is 1. The number of alkyl halides is 1. The van der Waals surface area contributed by atoms with Crippen molar-refractivity contribution in [1.29, 1.82) is 0 Å². The van der Waals surface area contributed by atoms with Crippen LogP contribution >= 0.6 is 27.3 Å². The summed E-state index contributed by atoms with van der Waals surface area (Å²) in [7, 11) is 0. The van der Waals surface area contributed by atoms with Crippen molar-refractivity contribution in [3.8, 4) is 10.6 Å². The lowest BCUT2D eigenvalue weighted by Gasteiger charge is -2.00. The number of carbonyl (C=O) groups excluding carboxylic acids is 1. The van der Waals surface area contributed by atoms with Gasteiger partial charge in [-0.15, -0.1) is 11.3 Å². The van der Waals surface area contributed by atoms with Gasteiger partial charge < -0.3 is 5.32 Å². The van der Waals surface area contributed by atoms with Gasteiger partial charge >= 0.3 is 0 Å². The molecule has 0 spiro atoms. The fourth-order valence-corrected chi connectivity index (χ4v) is 2.54. The SMILES string of the molecule is O=C(CCBr)NCc1csc(-c2cccnc2)n1. The fourth-order valence-electron chi connectivity index (χ4n) is 1.37. The van der Waals surface area contributed by atoms with Crippen LogP contribution in [0.4, 0.5) is 0 Å². The molecule has 6 heteroatoms. The Bertz CT molecular complexity index is 515. The predicted molar refractivity (Wildman–Crippen MR) is 75.6 cm³/mol. The molecule has 2 rings (SSSR count). The van der Waals surface area contributed by atoms with Crippen molar-refractivity contribution < 1.29 is 4.79 Å². The van der Waals surface area contributed by atoms with Crippen molar-refractivity contribution in [2.45, 2.75) is 13.0 Å². The summed E-state index contributed by atoms with van der Waals surface area (Å²) >= 11 is 4.79. The predicted octanol–water partition coefficient (Wildman–Crippen LogP) is 2.61. The molecule has 1 N–H and O–H groups in total. The van der Waals surface area contributed by atoms with E-state index in [2.05, 4.69) is 31.2 Å². The third kappa shape index (κ3) is 3.61. The number of pyridine rings is 1. The molecule has 0 bridgehead atoms. The molecule has 0 fully saturated rings. The van der Waals surface area contributed by atoms with Crippen LogP contribution in [0, 0.1) is 0 Å². The molecule has 0 saturated carbocycles. The van der Waals surface area contributed by atoms with Crippen LogP contribution in [0.2, 0.25) is 0 Å². The van der Waals surface area contributed by atoms with Crippen LogP contribution in [0.1, 0.15) is 12.1 Å². The number of halogens is 1. The number of aromatic nitrogens is 2. The van der Waals surface area contributed by atoms with Gasteiger partial charge in [-0.2, -0.15) is 0 Å². The summed E-state index contributed by atoms with van der Waals surface area (Å²) in [5.41, 5.74) is 1.88. The van der Waals surface area contributed by atoms with Gasteiger partial charge in [-0.1, -0.05) is 15.9 Å². The summed E-state index contributed by atoms with van der Waals surface area (Å²) in [4.78, 5) is 19.8. The lowest BCUT2D eigenvalue weighted by Crippen LogP contribution is -2.22. The second kappa shape index (κ2) is 6.61. The van der Waals surface area contributed by atoms with E-state index in [1.54, 1.807) is 23.7 Å². The Hall–Kier alpha value is -1.27. The van der Waals surface area contributed by atoms with E-state index in [-0.39, 0.29) is 5.91 Å². The summed E-state index contributed by atoms with van der Waals surface area (Å²) in [5.74, 6) is 0.0304. The topological polar surface area (TPSA) is 54.9 Å². The molecule has 2 aromatic heterocycles. The van der Waals surface area contributed by atoms with Crippen molar-refractivity contribution in [2.24, 2.45) is 0 Å². The Balaban J connectivity index is 1.97. The van der Waals surface area contributed by atoms with Crippen LogP contribution in [0.3, 0.4) is 0 Å². The number of thiazole rings is 1. The van der Waals surface area contributed by atoms with E-state index >= 15 is 0 Å². The molecule has 18 heavy (non-hydrogen) atoms. The highest BCUT2D eigenvalue weighted by atomic mass is 79.9. The molecule has 0 aliphatic heterocycles. The molecule has 4 nitrogen and oxygen atoms in total. The summed E-state index contributed by atoms with van der Waals surface area (Å²) < 4.78 is 0. The van der Waals surface area contributed by atoms with Crippen LogP contribution in [-0.4, -0.2) is 21.2 Å². The highest BCUT2D eigenvalue weighted by molar-refractivity contribution is 9.09. The van der Waals surface area contributed by atoms with Gasteiger partial charge in [0.15, 0.2) is 0 Å². The van der Waals surface area contributed by atoms with Gasteiger partial charge in [-0.05, 0) is 12.1 Å². The zero-order chi connectivity index (χ0) is 12.8. The van der Waals surface area contributed by atoms with Crippen molar-refractivity contribution in [2.75, 3.05) is 5.33 Å². The van der Waals surface area contributed by atoms with Gasteiger partial charge in [0.05, 0.1) is 12.2 Å². The third-order valence-electron chi connectivity index (χ3n) is 2.25. The summed E-state index contributed by atoms with van der Waals surface area (Å²) in [6, 6.07) is 3.85. The van der Waals surface area contributed by atoms with E-state index in [0.717, 1.165) is 16.3 Å². The number of hydrogen-bond donors (Lipinski definition) is 1. The van der Waals surface area contributed by atoms with Crippen LogP contribution in [0.5, 0.6) is 0 Å². The molecule has 0 aliphatic rings. The van der Waals surface area contributed by atoms with E-state index in [4.69, 9.17) is 0 Å². The monoisotopic (exact) mass is 325 g/mol. The number of nitrogens with one attached hydrogen (secondary N) is 1. The second-order valence-electron chi connectivity index (χ2n) is 3.60. The minimum Gasteiger partial charge on any atom is -0.350 e. The second-order valence-corrected chi connectivity index (χ2v) is 5.25. The van der Waals surface area contributed by atoms with E-state index in [1.165, 1.54) is 0 Å². The smallest absolute Gasteiger partial charge is 0.221 e. The Morgan fingerprint density at radius 1 is 1.50 bits per heavy atom. The third-order valence-corrected chi connectivity index (χ3v) is 3.59. The largest absolute Gasteiger partial charge is 0.350 e. The Morgan fingerprint density at radius 2 is 2.39 bits per heavy atom. The fraction of sp³-hybridized carbons (Fsp3) is 0.250. The molecular formula is C12H12BrN3OS. The van der Waals surface area contributed by atoms with Gasteiger partial charge in [0.25, 0.3) is 0 Å². The Labute approximate surface area is 118 Å². The maximum absolute atomic E-state index is 11.3. The normalized spacial score (nSPS) is 10.3. The molecule has 0 unspecified atom stereocenters. The maximum atomic E-state index is 11.3. The molecule has 0 saturated heterocycles. The van der Waals surface area contributed by atoms with Gasteiger partial charge in [0, 0.05) is 35.1 Å². The van der Waals surface area contributed by atoms with Gasteiger partial charge in [-0.25, -0.2) is 4.98 Å². The van der Waals surface area contributed by atoms with Crippen molar-refractivity contribution in [1.82, 2.24) is 15.3 Å². The molecule has 0 radical (unpaired) electrons. The minimum absolute atomic E-state index is 0.0304. The molecule has 2 aromatic rings. The van der Waals surface area contributed by atoms with Gasteiger partial charge in [0.2, 0.25) is 5.91 Å². The molecule has 0 atom stereocenters. The van der Waals surface area contributed by atoms with E-state index < -0.39 is 0 Å². The molecule has 1 amide bonds. The number of nitrogens with zero attached hydrogens (tertiary/aromatic N) is 2. The Morgan fingerprint density at radius 3 is 3.11 bits per heavy atom. The van der Waals surface area contributed by atoms with Gasteiger partial charge in [0.1, 0.15) is 5.01 Å². The lowest BCUT2D eigenvalue weighted by atomic mass is 10.3. The van der Waals surface area contributed by atoms with Crippen LogP contribution in [-0.2, 0) is 11.3 Å². The summed E-state index contributed by atoms with van der Waals surface area (Å²) in [6.07, 6.45) is 4.00. The first-order valence-electron chi connectivity index (χ1n) is 5.47. The molecule has 0 aliphatic carbocycles. The average molecular weight is 326 g/mol. The first-order chi connectivity index (χ1) is 8.79. The molecule has 0 aromatic carbocycles. The van der Waals surface area contributed by atoms with Crippen molar-refractivity contribution >= 4 is 33.2 Å². The minimum atomic E-state index is 0.0304. The first kappa shape index (κ1) is 13.2.